The first-order valence-electron chi connectivity index (χ1n) is 17.9. The van der Waals surface area contributed by atoms with Crippen LogP contribution >= 0.6 is 31.9 Å². The third kappa shape index (κ3) is 8.58. The number of rotatable bonds is 7. The molecule has 0 saturated carbocycles. The van der Waals surface area contributed by atoms with Crippen LogP contribution in [0.25, 0.3) is 78.1 Å². The van der Waals surface area contributed by atoms with Gasteiger partial charge in [-0.15, -0.1) is 47.5 Å². The molecule has 0 bridgehead atoms. The Morgan fingerprint density at radius 3 is 1.25 bits per heavy atom. The molecule has 0 aliphatic carbocycles. The van der Waals surface area contributed by atoms with Gasteiger partial charge < -0.3 is 9.97 Å². The topological polar surface area (TPSA) is 25.8 Å². The fourth-order valence-electron chi connectivity index (χ4n) is 7.32. The van der Waals surface area contributed by atoms with Crippen molar-refractivity contribution < 1.29 is 40.2 Å². The Balaban J connectivity index is 0.00000266. The minimum atomic E-state index is 0. The van der Waals surface area contributed by atoms with E-state index in [0.29, 0.717) is 0 Å². The second-order valence-corrected chi connectivity index (χ2v) is 15.5. The van der Waals surface area contributed by atoms with Crippen molar-refractivity contribution in [1.82, 2.24) is 9.97 Å². The number of aryl methyl sites for hydroxylation is 4. The fourth-order valence-corrected chi connectivity index (χ4v) is 8.43. The molecule has 6 heteroatoms. The summed E-state index contributed by atoms with van der Waals surface area (Å²) < 4.78 is 1.96. The van der Waals surface area contributed by atoms with E-state index in [1.54, 1.807) is 0 Å². The number of halogens is 2. The van der Waals surface area contributed by atoms with Gasteiger partial charge in [0.2, 0.25) is 0 Å². The van der Waals surface area contributed by atoms with Gasteiger partial charge >= 0.3 is 0 Å². The maximum atomic E-state index is 4.86. The standard InChI is InChI=1S/C50H36Br2N2.2Ir/c1-31-22-32(2)24-39(23-31)50-42(40-20-18-37(27-46(40)51)48-25-33(3)44(29-53-48)35-12-7-5-8-13-35)16-11-17-43(50)41-21-19-38(28-47(41)52)49-26-34(4)45(30-54-49)36-14-9-6-10-15-36;;/h5-17,20-30H,1-4H3;;/q-2;;. The molecule has 2 nitrogen and oxygen atoms in total. The molecule has 0 aliphatic rings. The summed E-state index contributed by atoms with van der Waals surface area (Å²) in [5.41, 5.74) is 19.7. The predicted octanol–water partition coefficient (Wildman–Crippen LogP) is 14.5. The molecule has 0 atom stereocenters. The maximum Gasteiger partial charge on any atom is 0.0242 e. The van der Waals surface area contributed by atoms with E-state index < -0.39 is 0 Å². The average molecular weight is 1210 g/mol. The number of hydrogen-bond acceptors (Lipinski definition) is 2. The van der Waals surface area contributed by atoms with E-state index >= 15 is 0 Å². The second-order valence-electron chi connectivity index (χ2n) is 13.8. The molecule has 0 N–H and O–H groups in total. The van der Waals surface area contributed by atoms with Gasteiger partial charge in [-0.05, 0) is 72.5 Å². The van der Waals surface area contributed by atoms with E-state index in [1.807, 2.05) is 24.5 Å². The molecule has 0 aliphatic heterocycles. The Labute approximate surface area is 373 Å². The van der Waals surface area contributed by atoms with Crippen LogP contribution in [-0.2, 0) is 40.2 Å². The molecule has 8 aromatic rings. The van der Waals surface area contributed by atoms with Gasteiger partial charge in [-0.3, -0.25) is 0 Å². The summed E-state index contributed by atoms with van der Waals surface area (Å²) in [4.78, 5) is 9.73. The van der Waals surface area contributed by atoms with Gasteiger partial charge in [0, 0.05) is 63.7 Å². The van der Waals surface area contributed by atoms with Gasteiger partial charge in [-0.25, -0.2) is 0 Å². The number of nitrogens with zero attached hydrogens (tertiary/aromatic N) is 2. The van der Waals surface area contributed by atoms with Crippen LogP contribution < -0.4 is 0 Å². The van der Waals surface area contributed by atoms with Crippen LogP contribution in [0.5, 0.6) is 0 Å². The normalized spacial score (nSPS) is 10.8. The summed E-state index contributed by atoms with van der Waals surface area (Å²) in [7, 11) is 0. The Kier molecular flexibility index (Phi) is 13.3. The zero-order valence-electron chi connectivity index (χ0n) is 31.2. The Bertz CT molecular complexity index is 2500. The smallest absolute Gasteiger partial charge is 0.0242 e. The average Bonchev–Trinajstić information content (AvgIpc) is 3.18. The van der Waals surface area contributed by atoms with Gasteiger partial charge in [0.15, 0.2) is 0 Å². The monoisotopic (exact) mass is 1210 g/mol. The van der Waals surface area contributed by atoms with Crippen LogP contribution in [0.3, 0.4) is 0 Å². The minimum Gasteiger partial charge on any atom is -0.304 e. The summed E-state index contributed by atoms with van der Waals surface area (Å²) in [6, 6.07) is 54.0. The van der Waals surface area contributed by atoms with E-state index in [9.17, 15) is 0 Å². The Hall–Kier alpha value is -4.12. The van der Waals surface area contributed by atoms with Crippen LogP contribution in [0.2, 0.25) is 0 Å². The number of benzene rings is 6. The Morgan fingerprint density at radius 1 is 0.429 bits per heavy atom. The van der Waals surface area contributed by atoms with Crippen molar-refractivity contribution in [2.75, 3.05) is 0 Å². The van der Waals surface area contributed by atoms with Gasteiger partial charge in [-0.2, -0.15) is 0 Å². The van der Waals surface area contributed by atoms with Crippen LogP contribution in [-0.4, -0.2) is 9.97 Å². The van der Waals surface area contributed by atoms with Gasteiger partial charge in [-0.1, -0.05) is 183 Å². The molecule has 0 saturated heterocycles. The molecular weight excluding hydrogens is 1170 g/mol. The first-order chi connectivity index (χ1) is 26.2. The summed E-state index contributed by atoms with van der Waals surface area (Å²) in [5, 5.41) is 0. The second kappa shape index (κ2) is 18.0. The zero-order valence-corrected chi connectivity index (χ0v) is 39.1. The van der Waals surface area contributed by atoms with Crippen LogP contribution in [0.4, 0.5) is 0 Å². The van der Waals surface area contributed by atoms with Crippen molar-refractivity contribution in [2.24, 2.45) is 0 Å². The maximum absolute atomic E-state index is 4.86. The van der Waals surface area contributed by atoms with Crippen molar-refractivity contribution in [3.63, 3.8) is 0 Å². The first kappa shape index (κ1) is 41.5. The molecule has 0 fully saturated rings. The minimum absolute atomic E-state index is 0. The summed E-state index contributed by atoms with van der Waals surface area (Å²) in [6.45, 7) is 8.59. The largest absolute Gasteiger partial charge is 0.304 e. The molecule has 0 amide bonds. The van der Waals surface area contributed by atoms with E-state index in [-0.39, 0.29) is 40.2 Å². The Morgan fingerprint density at radius 2 is 0.857 bits per heavy atom. The summed E-state index contributed by atoms with van der Waals surface area (Å²) >= 11 is 7.95. The van der Waals surface area contributed by atoms with Crippen molar-refractivity contribution in [3.8, 4) is 78.1 Å². The first-order valence-corrected chi connectivity index (χ1v) is 19.5. The van der Waals surface area contributed by atoms with Gasteiger partial charge in [0.1, 0.15) is 0 Å². The predicted molar refractivity (Wildman–Crippen MR) is 232 cm³/mol. The number of hydrogen-bond donors (Lipinski definition) is 0. The molecule has 280 valence electrons. The molecule has 6 aromatic carbocycles. The number of pyridine rings is 2. The molecule has 2 aromatic heterocycles. The van der Waals surface area contributed by atoms with Crippen LogP contribution in [0.15, 0.2) is 155 Å². The molecular formula is C50H36Br2Ir2N2-2. The van der Waals surface area contributed by atoms with Crippen molar-refractivity contribution in [1.29, 1.82) is 0 Å². The summed E-state index contributed by atoms with van der Waals surface area (Å²) in [6.07, 6.45) is 3.93. The van der Waals surface area contributed by atoms with E-state index in [2.05, 4.69) is 193 Å². The SMILES string of the molecule is Cc1cc(C)cc(-c2c(-c3c[c-]c(-c4cc(C)c(-c5ccccc5)cn4)cc3Br)cccc2-c2c[c-]c(-c3cc(C)c(-c4ccccc4)cn3)cc2Br)c1.[Ir].[Ir]. The third-order valence-corrected chi connectivity index (χ3v) is 11.2. The van der Waals surface area contributed by atoms with Crippen molar-refractivity contribution in [2.45, 2.75) is 27.7 Å². The van der Waals surface area contributed by atoms with Crippen molar-refractivity contribution in [3.05, 3.63) is 189 Å². The fraction of sp³-hybridized carbons (Fsp3) is 0.0800. The quantitative estimate of drug-likeness (QED) is 0.149. The third-order valence-electron chi connectivity index (χ3n) is 9.90. The van der Waals surface area contributed by atoms with Crippen LogP contribution in [0.1, 0.15) is 22.3 Å². The zero-order chi connectivity index (χ0) is 37.3. The molecule has 0 spiro atoms. The molecule has 2 heterocycles. The van der Waals surface area contributed by atoms with E-state index in [0.717, 1.165) is 87.1 Å². The molecule has 8 rings (SSSR count). The molecule has 2 radical (unpaired) electrons. The molecule has 56 heavy (non-hydrogen) atoms. The number of aromatic nitrogens is 2. The van der Waals surface area contributed by atoms with Gasteiger partial charge in [0.25, 0.3) is 0 Å². The van der Waals surface area contributed by atoms with Crippen molar-refractivity contribution >= 4 is 31.9 Å². The summed E-state index contributed by atoms with van der Waals surface area (Å²) in [5.74, 6) is 0. The van der Waals surface area contributed by atoms with E-state index in [1.165, 1.54) is 22.3 Å². The molecule has 0 unspecified atom stereocenters. The van der Waals surface area contributed by atoms with Gasteiger partial charge in [0.05, 0.1) is 0 Å². The van der Waals surface area contributed by atoms with E-state index in [4.69, 9.17) is 9.97 Å². The van der Waals surface area contributed by atoms with Crippen LogP contribution in [0, 0.1) is 39.8 Å².